The number of Topliss-reactive ketones (excluding diaryl/α,β-unsaturated/α-hetero) is 1. The van der Waals surface area contributed by atoms with Gasteiger partial charge < -0.3 is 10.1 Å². The molecule has 98 valence electrons. The average Bonchev–Trinajstić information content (AvgIpc) is 3.12. The van der Waals surface area contributed by atoms with Crippen LogP contribution in [0.3, 0.4) is 0 Å². The van der Waals surface area contributed by atoms with Crippen molar-refractivity contribution in [1.82, 2.24) is 5.32 Å². The number of ether oxygens (including phenoxy) is 1. The van der Waals surface area contributed by atoms with Crippen molar-refractivity contribution in [3.63, 3.8) is 0 Å². The maximum absolute atomic E-state index is 12.6. The van der Waals surface area contributed by atoms with Gasteiger partial charge in [-0.3, -0.25) is 4.79 Å². The molecule has 1 aromatic carbocycles. The van der Waals surface area contributed by atoms with Crippen LogP contribution in [0.2, 0.25) is 0 Å². The van der Waals surface area contributed by atoms with Crippen molar-refractivity contribution in [1.29, 1.82) is 0 Å². The largest absolute Gasteiger partial charge is 0.496 e. The Morgan fingerprint density at radius 2 is 2.00 bits per heavy atom. The van der Waals surface area contributed by atoms with Gasteiger partial charge in [0, 0.05) is 17.5 Å². The van der Waals surface area contributed by atoms with Crippen LogP contribution < -0.4 is 10.1 Å². The Bertz CT molecular complexity index is 476. The first-order valence-corrected chi connectivity index (χ1v) is 6.39. The maximum atomic E-state index is 12.6. The van der Waals surface area contributed by atoms with Crippen LogP contribution in [0.15, 0.2) is 12.1 Å². The molecule has 0 spiro atoms. The molecule has 1 N–H and O–H groups in total. The highest BCUT2D eigenvalue weighted by atomic mass is 16.5. The molecule has 0 unspecified atom stereocenters. The van der Waals surface area contributed by atoms with Crippen molar-refractivity contribution in [2.24, 2.45) is 5.41 Å². The third kappa shape index (κ3) is 2.15. The first-order valence-electron chi connectivity index (χ1n) is 6.39. The van der Waals surface area contributed by atoms with Crippen molar-refractivity contribution in [2.75, 3.05) is 20.7 Å². The molecule has 0 aliphatic heterocycles. The van der Waals surface area contributed by atoms with Gasteiger partial charge in [0.15, 0.2) is 5.78 Å². The van der Waals surface area contributed by atoms with Gasteiger partial charge in [0.25, 0.3) is 0 Å². The molecule has 0 saturated heterocycles. The van der Waals surface area contributed by atoms with Crippen LogP contribution in [-0.2, 0) is 0 Å². The van der Waals surface area contributed by atoms with Gasteiger partial charge in [-0.1, -0.05) is 0 Å². The first kappa shape index (κ1) is 13.1. The van der Waals surface area contributed by atoms with Crippen molar-refractivity contribution in [2.45, 2.75) is 26.7 Å². The normalized spacial score (nSPS) is 16.4. The summed E-state index contributed by atoms with van der Waals surface area (Å²) in [6, 6.07) is 3.92. The lowest BCUT2D eigenvalue weighted by Gasteiger charge is -2.16. The number of carbonyl (C=O) groups excluding carboxylic acids is 1. The molecule has 1 aliphatic carbocycles. The predicted molar refractivity (Wildman–Crippen MR) is 72.4 cm³/mol. The van der Waals surface area contributed by atoms with Crippen LogP contribution in [-0.4, -0.2) is 26.5 Å². The number of methoxy groups -OCH3 is 1. The predicted octanol–water partition coefficient (Wildman–Crippen LogP) is 2.49. The third-order valence-corrected chi connectivity index (χ3v) is 3.84. The van der Waals surface area contributed by atoms with Gasteiger partial charge in [-0.05, 0) is 57.0 Å². The van der Waals surface area contributed by atoms with Crippen LogP contribution in [0, 0.1) is 19.3 Å². The van der Waals surface area contributed by atoms with E-state index in [9.17, 15) is 4.79 Å². The number of benzene rings is 1. The summed E-state index contributed by atoms with van der Waals surface area (Å²) in [5, 5.41) is 3.13. The fourth-order valence-corrected chi connectivity index (χ4v) is 2.51. The van der Waals surface area contributed by atoms with Crippen LogP contribution >= 0.6 is 0 Å². The molecule has 0 radical (unpaired) electrons. The molecule has 18 heavy (non-hydrogen) atoms. The average molecular weight is 247 g/mol. The molecule has 0 aromatic heterocycles. The van der Waals surface area contributed by atoms with E-state index >= 15 is 0 Å². The topological polar surface area (TPSA) is 38.3 Å². The van der Waals surface area contributed by atoms with Crippen molar-refractivity contribution in [3.8, 4) is 5.75 Å². The van der Waals surface area contributed by atoms with E-state index in [0.29, 0.717) is 0 Å². The summed E-state index contributed by atoms with van der Waals surface area (Å²) in [6.07, 6.45) is 1.99. The lowest BCUT2D eigenvalue weighted by molar-refractivity contribution is 0.0899. The van der Waals surface area contributed by atoms with Gasteiger partial charge in [0.1, 0.15) is 5.75 Å². The summed E-state index contributed by atoms with van der Waals surface area (Å²) in [5.74, 6) is 1.13. The molecule has 1 aliphatic rings. The summed E-state index contributed by atoms with van der Waals surface area (Å²) in [4.78, 5) is 12.6. The minimum atomic E-state index is -0.152. The summed E-state index contributed by atoms with van der Waals surface area (Å²) in [7, 11) is 3.56. The van der Waals surface area contributed by atoms with Gasteiger partial charge in [-0.2, -0.15) is 0 Å². The lowest BCUT2D eigenvalue weighted by atomic mass is 9.90. The van der Waals surface area contributed by atoms with E-state index < -0.39 is 0 Å². The van der Waals surface area contributed by atoms with Crippen LogP contribution in [0.25, 0.3) is 0 Å². The maximum Gasteiger partial charge on any atom is 0.170 e. The zero-order valence-corrected chi connectivity index (χ0v) is 11.6. The molecular weight excluding hydrogens is 226 g/mol. The fourth-order valence-electron chi connectivity index (χ4n) is 2.51. The van der Waals surface area contributed by atoms with E-state index in [1.54, 1.807) is 7.11 Å². The second kappa shape index (κ2) is 4.73. The van der Waals surface area contributed by atoms with E-state index in [2.05, 4.69) is 5.32 Å². The molecular formula is C15H21NO2. The van der Waals surface area contributed by atoms with E-state index in [4.69, 9.17) is 4.74 Å². The van der Waals surface area contributed by atoms with Gasteiger partial charge in [-0.25, -0.2) is 0 Å². The highest BCUT2D eigenvalue weighted by molar-refractivity contribution is 6.03. The van der Waals surface area contributed by atoms with E-state index in [1.165, 1.54) is 0 Å². The molecule has 0 amide bonds. The summed E-state index contributed by atoms with van der Waals surface area (Å²) >= 11 is 0. The monoisotopic (exact) mass is 247 g/mol. The van der Waals surface area contributed by atoms with Gasteiger partial charge in [0.2, 0.25) is 0 Å². The van der Waals surface area contributed by atoms with E-state index in [-0.39, 0.29) is 11.2 Å². The smallest absolute Gasteiger partial charge is 0.170 e. The molecule has 0 heterocycles. The van der Waals surface area contributed by atoms with E-state index in [0.717, 1.165) is 41.8 Å². The second-order valence-corrected chi connectivity index (χ2v) is 5.28. The number of aryl methyl sites for hydroxylation is 2. The first-order chi connectivity index (χ1) is 8.54. The lowest BCUT2D eigenvalue weighted by Crippen LogP contribution is -2.28. The van der Waals surface area contributed by atoms with Gasteiger partial charge in [0.05, 0.1) is 7.11 Å². The molecule has 1 aromatic rings. The summed E-state index contributed by atoms with van der Waals surface area (Å²) in [5.41, 5.74) is 2.72. The number of carbonyl (C=O) groups is 1. The number of ketones is 1. The highest BCUT2D eigenvalue weighted by Crippen LogP contribution is 2.48. The SMILES string of the molecule is CNCC1(C(=O)c2cc(C)c(OC)cc2C)CC1. The van der Waals surface area contributed by atoms with E-state index in [1.807, 2.05) is 33.0 Å². The Hall–Kier alpha value is -1.35. The van der Waals surface area contributed by atoms with Crippen molar-refractivity contribution in [3.05, 3.63) is 28.8 Å². The number of hydrogen-bond donors (Lipinski definition) is 1. The minimum Gasteiger partial charge on any atom is -0.496 e. The molecule has 1 saturated carbocycles. The second-order valence-electron chi connectivity index (χ2n) is 5.28. The molecule has 0 bridgehead atoms. The van der Waals surface area contributed by atoms with Gasteiger partial charge >= 0.3 is 0 Å². The minimum absolute atomic E-state index is 0.152. The number of rotatable bonds is 5. The van der Waals surface area contributed by atoms with Crippen LogP contribution in [0.4, 0.5) is 0 Å². The zero-order chi connectivity index (χ0) is 13.3. The zero-order valence-electron chi connectivity index (χ0n) is 11.6. The summed E-state index contributed by atoms with van der Waals surface area (Å²) < 4.78 is 5.29. The number of nitrogens with one attached hydrogen (secondary N) is 1. The van der Waals surface area contributed by atoms with Crippen molar-refractivity contribution < 1.29 is 9.53 Å². The standard InChI is InChI=1S/C15H21NO2/c1-10-8-13(18-4)11(2)7-12(10)14(17)15(5-6-15)9-16-3/h7-8,16H,5-6,9H2,1-4H3. The molecule has 3 heteroatoms. The Morgan fingerprint density at radius 1 is 1.33 bits per heavy atom. The fraction of sp³-hybridized carbons (Fsp3) is 0.533. The Labute approximate surface area is 109 Å². The quantitative estimate of drug-likeness (QED) is 0.812. The Morgan fingerprint density at radius 3 is 2.50 bits per heavy atom. The molecule has 1 fully saturated rings. The molecule has 0 atom stereocenters. The molecule has 3 nitrogen and oxygen atoms in total. The van der Waals surface area contributed by atoms with Gasteiger partial charge in [-0.15, -0.1) is 0 Å². The number of hydrogen-bond acceptors (Lipinski definition) is 3. The Kier molecular flexibility index (Phi) is 3.44. The van der Waals surface area contributed by atoms with Crippen LogP contribution in [0.5, 0.6) is 5.75 Å². The Balaban J connectivity index is 2.34. The third-order valence-electron chi connectivity index (χ3n) is 3.84. The molecule has 2 rings (SSSR count). The highest BCUT2D eigenvalue weighted by Gasteiger charge is 2.49. The summed E-state index contributed by atoms with van der Waals surface area (Å²) in [6.45, 7) is 4.73. The van der Waals surface area contributed by atoms with Crippen molar-refractivity contribution >= 4 is 5.78 Å². The van der Waals surface area contributed by atoms with Crippen LogP contribution in [0.1, 0.15) is 34.3 Å².